The van der Waals surface area contributed by atoms with Crippen LogP contribution in [0.3, 0.4) is 0 Å². The first-order chi connectivity index (χ1) is 13.1. The molecule has 4 N–H and O–H groups in total. The fourth-order valence-electron chi connectivity index (χ4n) is 3.67. The number of amides is 3. The molecule has 28 heavy (non-hydrogen) atoms. The van der Waals surface area contributed by atoms with E-state index >= 15 is 0 Å². The first kappa shape index (κ1) is 22.5. The average Bonchev–Trinajstić information content (AvgIpc) is 2.59. The van der Waals surface area contributed by atoms with Crippen molar-refractivity contribution in [3.05, 3.63) is 28.8 Å². The molecule has 1 aliphatic rings. The fraction of sp³-hybridized carbons (Fsp3) is 0.600. The second-order valence-electron chi connectivity index (χ2n) is 8.01. The molecule has 3 amide bonds. The first-order valence-electron chi connectivity index (χ1n) is 9.69. The van der Waals surface area contributed by atoms with Crippen molar-refractivity contribution in [1.82, 2.24) is 9.80 Å². The molecule has 0 spiro atoms. The summed E-state index contributed by atoms with van der Waals surface area (Å²) in [4.78, 5) is 28.4. The topological polar surface area (TPSA) is 98.9 Å². The zero-order valence-corrected chi connectivity index (χ0v) is 17.8. The number of carbonyl (C=O) groups is 2. The molecule has 1 aliphatic heterocycles. The Kier molecular flexibility index (Phi) is 7.31. The molecule has 0 aliphatic carbocycles. The van der Waals surface area contributed by atoms with Crippen molar-refractivity contribution in [2.24, 2.45) is 5.73 Å². The average molecular weight is 411 g/mol. The number of hydrogen-bond donors (Lipinski definition) is 3. The molecule has 0 radical (unpaired) electrons. The van der Waals surface area contributed by atoms with Crippen molar-refractivity contribution in [1.29, 1.82) is 0 Å². The number of rotatable bonds is 6. The van der Waals surface area contributed by atoms with Crippen molar-refractivity contribution >= 4 is 29.2 Å². The molecule has 156 valence electrons. The molecule has 0 unspecified atom stereocenters. The standard InChI is InChI=1S/C20H31ClN4O3/c1-5-14-11-25(15(6-2)10-24(14)12-20(3,4)28)19(27)23-13-7-8-16(18(22)26)17(21)9-13/h7-9,14-15,28H,5-6,10-12H2,1-4H3,(H2,22,26)(H,23,27)/t14-,15+/m1/s1. The summed E-state index contributed by atoms with van der Waals surface area (Å²) in [5.74, 6) is -0.609. The van der Waals surface area contributed by atoms with E-state index in [1.165, 1.54) is 12.1 Å². The monoisotopic (exact) mass is 410 g/mol. The SMILES string of the molecule is CC[C@@H]1CN(C(=O)Nc2ccc(C(N)=O)c(Cl)c2)[C@@H](CC)CN1CC(C)(C)O. The van der Waals surface area contributed by atoms with Crippen LogP contribution < -0.4 is 11.1 Å². The maximum Gasteiger partial charge on any atom is 0.322 e. The number of hydrogen-bond acceptors (Lipinski definition) is 4. The molecule has 0 aromatic heterocycles. The Morgan fingerprint density at radius 1 is 1.25 bits per heavy atom. The number of urea groups is 1. The molecule has 1 saturated heterocycles. The van der Waals surface area contributed by atoms with E-state index < -0.39 is 11.5 Å². The van der Waals surface area contributed by atoms with E-state index in [1.807, 2.05) is 4.90 Å². The van der Waals surface area contributed by atoms with Gasteiger partial charge in [0.25, 0.3) is 0 Å². The zero-order valence-electron chi connectivity index (χ0n) is 17.0. The predicted molar refractivity (Wildman–Crippen MR) is 112 cm³/mol. The van der Waals surface area contributed by atoms with Crippen LogP contribution in [0.15, 0.2) is 18.2 Å². The largest absolute Gasteiger partial charge is 0.389 e. The lowest BCUT2D eigenvalue weighted by atomic mass is 10.00. The summed E-state index contributed by atoms with van der Waals surface area (Å²) in [5, 5.41) is 13.3. The molecule has 0 saturated carbocycles. The van der Waals surface area contributed by atoms with Gasteiger partial charge in [0.1, 0.15) is 0 Å². The molecule has 1 heterocycles. The summed E-state index contributed by atoms with van der Waals surface area (Å²) in [6.07, 6.45) is 1.70. The van der Waals surface area contributed by atoms with Crippen LogP contribution in [0, 0.1) is 0 Å². The summed E-state index contributed by atoms with van der Waals surface area (Å²) >= 11 is 6.08. The first-order valence-corrected chi connectivity index (χ1v) is 10.1. The lowest BCUT2D eigenvalue weighted by Crippen LogP contribution is -2.62. The second kappa shape index (κ2) is 9.11. The van der Waals surface area contributed by atoms with Gasteiger partial charge >= 0.3 is 6.03 Å². The summed E-state index contributed by atoms with van der Waals surface area (Å²) in [7, 11) is 0. The maximum absolute atomic E-state index is 12.9. The number of primary amides is 1. The van der Waals surface area contributed by atoms with Gasteiger partial charge in [-0.15, -0.1) is 0 Å². The summed E-state index contributed by atoms with van der Waals surface area (Å²) in [5.41, 5.74) is 5.22. The normalized spacial score (nSPS) is 20.9. The van der Waals surface area contributed by atoms with Crippen molar-refractivity contribution < 1.29 is 14.7 Å². The smallest absolute Gasteiger partial charge is 0.322 e. The summed E-state index contributed by atoms with van der Waals surface area (Å²) in [6, 6.07) is 4.69. The van der Waals surface area contributed by atoms with Crippen LogP contribution in [-0.4, -0.2) is 64.2 Å². The van der Waals surface area contributed by atoms with E-state index in [1.54, 1.807) is 19.9 Å². The number of anilines is 1. The Morgan fingerprint density at radius 2 is 1.89 bits per heavy atom. The number of carbonyl (C=O) groups excluding carboxylic acids is 2. The highest BCUT2D eigenvalue weighted by Gasteiger charge is 2.36. The van der Waals surface area contributed by atoms with Gasteiger partial charge in [0.05, 0.1) is 16.2 Å². The lowest BCUT2D eigenvalue weighted by molar-refractivity contribution is -0.0173. The van der Waals surface area contributed by atoms with Crippen LogP contribution in [0.1, 0.15) is 50.9 Å². The van der Waals surface area contributed by atoms with Crippen molar-refractivity contribution in [3.8, 4) is 0 Å². The van der Waals surface area contributed by atoms with Crippen LogP contribution >= 0.6 is 11.6 Å². The van der Waals surface area contributed by atoms with Gasteiger partial charge in [0, 0.05) is 37.4 Å². The molecule has 2 atom stereocenters. The molecule has 1 aromatic carbocycles. The van der Waals surface area contributed by atoms with Crippen molar-refractivity contribution in [2.75, 3.05) is 25.0 Å². The highest BCUT2D eigenvalue weighted by Crippen LogP contribution is 2.25. The van der Waals surface area contributed by atoms with Crippen LogP contribution in [-0.2, 0) is 0 Å². The summed E-state index contributed by atoms with van der Waals surface area (Å²) in [6.45, 7) is 9.63. The Labute approximate surface area is 171 Å². The second-order valence-corrected chi connectivity index (χ2v) is 8.41. The molecule has 1 aromatic rings. The minimum atomic E-state index is -0.783. The number of nitrogens with two attached hydrogens (primary N) is 1. The van der Waals surface area contributed by atoms with E-state index in [2.05, 4.69) is 24.1 Å². The Hall–Kier alpha value is -1.83. The predicted octanol–water partition coefficient (Wildman–Crippen LogP) is 2.92. The third-order valence-corrected chi connectivity index (χ3v) is 5.40. The van der Waals surface area contributed by atoms with Crippen LogP contribution in [0.4, 0.5) is 10.5 Å². The zero-order chi connectivity index (χ0) is 21.1. The van der Waals surface area contributed by atoms with Crippen LogP contribution in [0.25, 0.3) is 0 Å². The van der Waals surface area contributed by atoms with E-state index in [0.717, 1.165) is 12.8 Å². The van der Waals surface area contributed by atoms with Gasteiger partial charge in [-0.3, -0.25) is 9.69 Å². The van der Waals surface area contributed by atoms with E-state index in [9.17, 15) is 14.7 Å². The van der Waals surface area contributed by atoms with Crippen molar-refractivity contribution in [3.63, 3.8) is 0 Å². The number of β-amino-alcohol motifs (C(OH)–C–C–N with tert-alkyl or cyclic N) is 1. The van der Waals surface area contributed by atoms with E-state index in [-0.39, 0.29) is 28.7 Å². The minimum Gasteiger partial charge on any atom is -0.389 e. The molecular weight excluding hydrogens is 380 g/mol. The highest BCUT2D eigenvalue weighted by atomic mass is 35.5. The van der Waals surface area contributed by atoms with Gasteiger partial charge in [-0.2, -0.15) is 0 Å². The van der Waals surface area contributed by atoms with Crippen molar-refractivity contribution in [2.45, 2.75) is 58.2 Å². The van der Waals surface area contributed by atoms with E-state index in [4.69, 9.17) is 17.3 Å². The van der Waals surface area contributed by atoms with E-state index in [0.29, 0.717) is 25.3 Å². The van der Waals surface area contributed by atoms with Crippen LogP contribution in [0.2, 0.25) is 5.02 Å². The number of aliphatic hydroxyl groups is 1. The molecule has 7 nitrogen and oxygen atoms in total. The third-order valence-electron chi connectivity index (χ3n) is 5.09. The molecule has 0 bridgehead atoms. The minimum absolute atomic E-state index is 0.0468. The fourth-order valence-corrected chi connectivity index (χ4v) is 3.95. The van der Waals surface area contributed by atoms with Gasteiger partial charge in [0.15, 0.2) is 0 Å². The molecule has 2 rings (SSSR count). The van der Waals surface area contributed by atoms with Gasteiger partial charge in [-0.25, -0.2) is 4.79 Å². The Bertz CT molecular complexity index is 720. The quantitative estimate of drug-likeness (QED) is 0.671. The molecular formula is C20H31ClN4O3. The highest BCUT2D eigenvalue weighted by molar-refractivity contribution is 6.34. The lowest BCUT2D eigenvalue weighted by Gasteiger charge is -2.47. The number of benzene rings is 1. The van der Waals surface area contributed by atoms with Gasteiger partial charge < -0.3 is 21.1 Å². The third kappa shape index (κ3) is 5.59. The van der Waals surface area contributed by atoms with Gasteiger partial charge in [-0.1, -0.05) is 25.4 Å². The van der Waals surface area contributed by atoms with Gasteiger partial charge in [0.2, 0.25) is 5.91 Å². The Balaban J connectivity index is 2.13. The van der Waals surface area contributed by atoms with Crippen LogP contribution in [0.5, 0.6) is 0 Å². The molecule has 8 heteroatoms. The number of nitrogens with one attached hydrogen (secondary N) is 1. The Morgan fingerprint density at radius 3 is 2.39 bits per heavy atom. The van der Waals surface area contributed by atoms with Gasteiger partial charge in [-0.05, 0) is 44.9 Å². The number of halogens is 1. The molecule has 1 fully saturated rings. The maximum atomic E-state index is 12.9. The number of nitrogens with zero attached hydrogens (tertiary/aromatic N) is 2. The number of piperazine rings is 1. The summed E-state index contributed by atoms with van der Waals surface area (Å²) < 4.78 is 0.